The molecule has 2 aromatic carbocycles. The molecular formula is C15H14FNO4. The van der Waals surface area contributed by atoms with E-state index in [2.05, 4.69) is 5.32 Å². The molecule has 1 atom stereocenters. The molecule has 0 bridgehead atoms. The second-order valence-corrected chi connectivity index (χ2v) is 4.54. The lowest BCUT2D eigenvalue weighted by atomic mass is 10.0. The van der Waals surface area contributed by atoms with E-state index in [9.17, 15) is 14.0 Å². The van der Waals surface area contributed by atoms with Gasteiger partial charge in [-0.05, 0) is 17.5 Å². The summed E-state index contributed by atoms with van der Waals surface area (Å²) >= 11 is 0. The minimum atomic E-state index is -1.52. The lowest BCUT2D eigenvalue weighted by molar-refractivity contribution is -0.146. The van der Waals surface area contributed by atoms with Crippen LogP contribution in [0.3, 0.4) is 0 Å². The minimum absolute atomic E-state index is 0.0119. The molecule has 0 unspecified atom stereocenters. The molecule has 2 aromatic rings. The molecule has 0 aliphatic rings. The Morgan fingerprint density at radius 3 is 2.48 bits per heavy atom. The molecule has 1 amide bonds. The van der Waals surface area contributed by atoms with E-state index in [1.54, 1.807) is 24.3 Å². The maximum absolute atomic E-state index is 13.6. The summed E-state index contributed by atoms with van der Waals surface area (Å²) in [7, 11) is 0. The first-order valence-electron chi connectivity index (χ1n) is 6.37. The van der Waals surface area contributed by atoms with E-state index in [0.717, 1.165) is 0 Å². The van der Waals surface area contributed by atoms with Crippen molar-refractivity contribution in [2.45, 2.75) is 12.5 Å². The number of halogens is 1. The number of carboxylic acid groups (broad SMARTS) is 1. The Bertz CT molecular complexity index is 686. The Kier molecular flexibility index (Phi) is 4.49. The molecule has 0 radical (unpaired) electrons. The Balaban J connectivity index is 2.13. The van der Waals surface area contributed by atoms with Crippen LogP contribution in [-0.4, -0.2) is 34.7 Å². The lowest BCUT2D eigenvalue weighted by Crippen LogP contribution is -2.30. The van der Waals surface area contributed by atoms with Crippen LogP contribution in [0.1, 0.15) is 16.8 Å². The maximum atomic E-state index is 13.6. The average Bonchev–Trinajstić information content (AvgIpc) is 2.47. The Hall–Kier alpha value is -2.47. The summed E-state index contributed by atoms with van der Waals surface area (Å²) in [6.45, 7) is 0.0119. The van der Waals surface area contributed by atoms with Crippen molar-refractivity contribution in [1.82, 2.24) is 5.32 Å². The average molecular weight is 291 g/mol. The Labute approximate surface area is 120 Å². The lowest BCUT2D eigenvalue weighted by Gasteiger charge is -2.09. The van der Waals surface area contributed by atoms with Crippen molar-refractivity contribution in [3.63, 3.8) is 0 Å². The Morgan fingerprint density at radius 1 is 1.14 bits per heavy atom. The molecule has 0 spiro atoms. The van der Waals surface area contributed by atoms with E-state index >= 15 is 0 Å². The number of benzene rings is 2. The number of fused-ring (bicyclic) bond motifs is 1. The fraction of sp³-hybridized carbons (Fsp3) is 0.200. The molecular weight excluding hydrogens is 277 g/mol. The molecule has 0 aliphatic heterocycles. The number of carboxylic acids is 1. The highest BCUT2D eigenvalue weighted by atomic mass is 19.1. The van der Waals surface area contributed by atoms with Crippen LogP contribution in [0.5, 0.6) is 0 Å². The number of aliphatic hydroxyl groups is 1. The molecule has 0 aromatic heterocycles. The maximum Gasteiger partial charge on any atom is 0.332 e. The van der Waals surface area contributed by atoms with Gasteiger partial charge < -0.3 is 15.5 Å². The largest absolute Gasteiger partial charge is 0.479 e. The molecule has 0 saturated heterocycles. The summed E-state index contributed by atoms with van der Waals surface area (Å²) in [5.74, 6) is -2.19. The number of amides is 1. The predicted molar refractivity (Wildman–Crippen MR) is 74.5 cm³/mol. The zero-order chi connectivity index (χ0) is 15.4. The van der Waals surface area contributed by atoms with Crippen molar-refractivity contribution in [2.75, 3.05) is 6.54 Å². The first-order chi connectivity index (χ1) is 10.0. The van der Waals surface area contributed by atoms with E-state index in [4.69, 9.17) is 10.2 Å². The first-order valence-corrected chi connectivity index (χ1v) is 6.37. The molecule has 0 heterocycles. The standard InChI is InChI=1S/C15H14FNO4/c16-12-6-5-11(9-3-1-2-4-10(9)12)14(19)17-8-7-13(18)15(20)21/h1-6,13,18H,7-8H2,(H,17,19)(H,20,21)/t13-/m0/s1. The second-order valence-electron chi connectivity index (χ2n) is 4.54. The third-order valence-electron chi connectivity index (χ3n) is 3.10. The van der Waals surface area contributed by atoms with E-state index in [1.165, 1.54) is 12.1 Å². The highest BCUT2D eigenvalue weighted by molar-refractivity contribution is 6.07. The van der Waals surface area contributed by atoms with Gasteiger partial charge >= 0.3 is 5.97 Å². The molecule has 3 N–H and O–H groups in total. The summed E-state index contributed by atoms with van der Waals surface area (Å²) in [6, 6.07) is 9.18. The number of carbonyl (C=O) groups excluding carboxylic acids is 1. The molecule has 0 aliphatic carbocycles. The van der Waals surface area contributed by atoms with Crippen LogP contribution >= 0.6 is 0 Å². The van der Waals surface area contributed by atoms with E-state index in [0.29, 0.717) is 16.3 Å². The number of aliphatic hydroxyl groups excluding tert-OH is 1. The van der Waals surface area contributed by atoms with Gasteiger partial charge in [-0.3, -0.25) is 4.79 Å². The zero-order valence-electron chi connectivity index (χ0n) is 11.0. The molecule has 110 valence electrons. The Morgan fingerprint density at radius 2 is 1.81 bits per heavy atom. The number of hydrogen-bond acceptors (Lipinski definition) is 3. The smallest absolute Gasteiger partial charge is 0.332 e. The van der Waals surface area contributed by atoms with Crippen molar-refractivity contribution in [3.05, 3.63) is 47.8 Å². The van der Waals surface area contributed by atoms with Crippen molar-refractivity contribution in [2.24, 2.45) is 0 Å². The number of aliphatic carboxylic acids is 1. The summed E-state index contributed by atoms with van der Waals surface area (Å²) in [4.78, 5) is 22.5. The molecule has 0 saturated carbocycles. The third-order valence-corrected chi connectivity index (χ3v) is 3.10. The fourth-order valence-corrected chi connectivity index (χ4v) is 2.00. The van der Waals surface area contributed by atoms with E-state index in [-0.39, 0.29) is 13.0 Å². The molecule has 0 fully saturated rings. The van der Waals surface area contributed by atoms with Crippen LogP contribution in [0, 0.1) is 5.82 Å². The van der Waals surface area contributed by atoms with E-state index in [1.807, 2.05) is 0 Å². The van der Waals surface area contributed by atoms with Gasteiger partial charge in [-0.1, -0.05) is 24.3 Å². The van der Waals surface area contributed by atoms with Gasteiger partial charge in [0.2, 0.25) is 0 Å². The van der Waals surface area contributed by atoms with Crippen LogP contribution in [0.15, 0.2) is 36.4 Å². The van der Waals surface area contributed by atoms with Gasteiger partial charge in [0.15, 0.2) is 6.10 Å². The second kappa shape index (κ2) is 6.32. The van der Waals surface area contributed by atoms with Crippen molar-refractivity contribution < 1.29 is 24.2 Å². The van der Waals surface area contributed by atoms with Crippen LogP contribution in [0.4, 0.5) is 4.39 Å². The van der Waals surface area contributed by atoms with Crippen molar-refractivity contribution in [1.29, 1.82) is 0 Å². The summed E-state index contributed by atoms with van der Waals surface area (Å²) in [5.41, 5.74) is 0.303. The number of nitrogens with one attached hydrogen (secondary N) is 1. The molecule has 21 heavy (non-hydrogen) atoms. The highest BCUT2D eigenvalue weighted by Crippen LogP contribution is 2.21. The quantitative estimate of drug-likeness (QED) is 0.780. The third kappa shape index (κ3) is 3.35. The summed E-state index contributed by atoms with van der Waals surface area (Å²) in [5, 5.41) is 21.0. The summed E-state index contributed by atoms with van der Waals surface area (Å²) in [6.07, 6.45) is -1.62. The SMILES string of the molecule is O=C(NCC[C@H](O)C(=O)O)c1ccc(F)c2ccccc12. The van der Waals surface area contributed by atoms with Crippen LogP contribution in [0.25, 0.3) is 10.8 Å². The number of carbonyl (C=O) groups is 2. The van der Waals surface area contributed by atoms with Crippen molar-refractivity contribution >= 4 is 22.6 Å². The number of rotatable bonds is 5. The minimum Gasteiger partial charge on any atom is -0.479 e. The van der Waals surface area contributed by atoms with Gasteiger partial charge in [-0.2, -0.15) is 0 Å². The van der Waals surface area contributed by atoms with Crippen LogP contribution < -0.4 is 5.32 Å². The van der Waals surface area contributed by atoms with Gasteiger partial charge in [-0.25, -0.2) is 9.18 Å². The van der Waals surface area contributed by atoms with Crippen LogP contribution in [0.2, 0.25) is 0 Å². The van der Waals surface area contributed by atoms with Gasteiger partial charge in [-0.15, -0.1) is 0 Å². The van der Waals surface area contributed by atoms with Gasteiger partial charge in [0, 0.05) is 23.9 Å². The van der Waals surface area contributed by atoms with Gasteiger partial charge in [0.1, 0.15) is 5.82 Å². The highest BCUT2D eigenvalue weighted by Gasteiger charge is 2.15. The van der Waals surface area contributed by atoms with Crippen molar-refractivity contribution in [3.8, 4) is 0 Å². The van der Waals surface area contributed by atoms with Gasteiger partial charge in [0.25, 0.3) is 5.91 Å². The topological polar surface area (TPSA) is 86.6 Å². The molecule has 5 nitrogen and oxygen atoms in total. The predicted octanol–water partition coefficient (Wildman–Crippen LogP) is 1.54. The monoisotopic (exact) mass is 291 g/mol. The summed E-state index contributed by atoms with van der Waals surface area (Å²) < 4.78 is 13.6. The van der Waals surface area contributed by atoms with Gasteiger partial charge in [0.05, 0.1) is 0 Å². The molecule has 2 rings (SSSR count). The zero-order valence-corrected chi connectivity index (χ0v) is 11.0. The van der Waals surface area contributed by atoms with Crippen LogP contribution in [-0.2, 0) is 4.79 Å². The van der Waals surface area contributed by atoms with E-state index < -0.39 is 23.8 Å². The normalized spacial score (nSPS) is 12.1. The number of hydrogen-bond donors (Lipinski definition) is 3. The fourth-order valence-electron chi connectivity index (χ4n) is 2.00. The first kappa shape index (κ1) is 14.9. The molecule has 6 heteroatoms.